The molecule has 0 spiro atoms. The lowest BCUT2D eigenvalue weighted by molar-refractivity contribution is -0.132. The molecule has 0 bridgehead atoms. The van der Waals surface area contributed by atoms with Crippen molar-refractivity contribution in [1.29, 1.82) is 0 Å². The average Bonchev–Trinajstić information content (AvgIpc) is 3.18. The van der Waals surface area contributed by atoms with Gasteiger partial charge in [-0.25, -0.2) is 4.79 Å². The smallest absolute Gasteiger partial charge is 0.338 e. The molecule has 0 saturated carbocycles. The van der Waals surface area contributed by atoms with Crippen LogP contribution in [0.4, 0.5) is 11.4 Å². The van der Waals surface area contributed by atoms with Crippen molar-refractivity contribution in [2.45, 2.75) is 26.0 Å². The fourth-order valence-corrected chi connectivity index (χ4v) is 4.74. The lowest BCUT2D eigenvalue weighted by atomic mass is 9.95. The van der Waals surface area contributed by atoms with Crippen LogP contribution in [-0.2, 0) is 14.3 Å². The molecule has 1 amide bonds. The molecule has 1 fully saturated rings. The van der Waals surface area contributed by atoms with Crippen LogP contribution >= 0.6 is 0 Å². The number of nitrogens with zero attached hydrogens (tertiary/aromatic N) is 2. The summed E-state index contributed by atoms with van der Waals surface area (Å²) in [6.07, 6.45) is -0.270. The number of ketones is 1. The molecule has 3 aromatic rings. The van der Waals surface area contributed by atoms with Crippen LogP contribution in [0.2, 0.25) is 0 Å². The Kier molecular flexibility index (Phi) is 6.63. The molecule has 8 nitrogen and oxygen atoms in total. The highest BCUT2D eigenvalue weighted by Gasteiger charge is 2.47. The Morgan fingerprint density at radius 3 is 2.37 bits per heavy atom. The van der Waals surface area contributed by atoms with Gasteiger partial charge < -0.3 is 19.5 Å². The van der Waals surface area contributed by atoms with E-state index in [-0.39, 0.29) is 17.4 Å². The molecule has 8 heteroatoms. The third kappa shape index (κ3) is 4.49. The molecular weight excluding hydrogens is 484 g/mol. The summed E-state index contributed by atoms with van der Waals surface area (Å²) in [7, 11) is 1.93. The molecule has 1 unspecified atom stereocenters. The predicted molar refractivity (Wildman–Crippen MR) is 143 cm³/mol. The van der Waals surface area contributed by atoms with E-state index in [4.69, 9.17) is 9.47 Å². The number of ether oxygens (including phenoxy) is 2. The number of aliphatic hydroxyl groups is 1. The van der Waals surface area contributed by atoms with Crippen LogP contribution in [0.5, 0.6) is 5.75 Å². The van der Waals surface area contributed by atoms with Gasteiger partial charge in [0.05, 0.1) is 35.5 Å². The molecule has 0 aromatic heterocycles. The van der Waals surface area contributed by atoms with Crippen LogP contribution in [0.15, 0.2) is 78.4 Å². The van der Waals surface area contributed by atoms with E-state index >= 15 is 0 Å². The van der Waals surface area contributed by atoms with Crippen molar-refractivity contribution in [3.8, 4) is 5.75 Å². The van der Waals surface area contributed by atoms with E-state index in [0.717, 1.165) is 5.69 Å². The normalized spacial score (nSPS) is 18.4. The van der Waals surface area contributed by atoms with E-state index in [0.29, 0.717) is 41.3 Å². The van der Waals surface area contributed by atoms with Crippen molar-refractivity contribution in [2.75, 3.05) is 30.0 Å². The number of hydrogen-bond acceptors (Lipinski definition) is 7. The zero-order valence-corrected chi connectivity index (χ0v) is 21.4. The number of anilines is 2. The highest BCUT2D eigenvalue weighted by molar-refractivity contribution is 6.51. The Morgan fingerprint density at radius 2 is 1.68 bits per heavy atom. The highest BCUT2D eigenvalue weighted by Crippen LogP contribution is 2.43. The quantitative estimate of drug-likeness (QED) is 0.229. The minimum atomic E-state index is -0.866. The van der Waals surface area contributed by atoms with E-state index in [2.05, 4.69) is 0 Å². The van der Waals surface area contributed by atoms with Gasteiger partial charge in [0.1, 0.15) is 18.1 Å². The van der Waals surface area contributed by atoms with Crippen LogP contribution in [0, 0.1) is 0 Å². The molecule has 1 atom stereocenters. The first-order chi connectivity index (χ1) is 18.3. The standard InChI is InChI=1S/C30H28N2O6/c1-18(2)38-30(36)20-9-12-22(13-10-20)32-26(19-7-5-4-6-8-19)25(28(34)29(32)35)27(33)21-11-14-24-23(17-21)31(3)15-16-37-24/h4-14,17-18,26,33H,15-16H2,1-3H3/b27-25-. The molecule has 0 aliphatic carbocycles. The fraction of sp³-hybridized carbons (Fsp3) is 0.233. The number of carbonyl (C=O) groups excluding carboxylic acids is 3. The third-order valence-corrected chi connectivity index (χ3v) is 6.61. The number of rotatable bonds is 5. The summed E-state index contributed by atoms with van der Waals surface area (Å²) in [6.45, 7) is 4.77. The molecule has 2 heterocycles. The number of fused-ring (bicyclic) bond motifs is 1. The summed E-state index contributed by atoms with van der Waals surface area (Å²) in [5.74, 6) is -1.61. The predicted octanol–water partition coefficient (Wildman–Crippen LogP) is 4.71. The van der Waals surface area contributed by atoms with Gasteiger partial charge in [0.2, 0.25) is 0 Å². The van der Waals surface area contributed by atoms with Gasteiger partial charge in [-0.3, -0.25) is 14.5 Å². The first-order valence-electron chi connectivity index (χ1n) is 12.4. The van der Waals surface area contributed by atoms with Crippen molar-refractivity contribution in [3.05, 3.63) is 95.1 Å². The van der Waals surface area contributed by atoms with E-state index in [1.807, 2.05) is 30.1 Å². The summed E-state index contributed by atoms with van der Waals surface area (Å²) in [4.78, 5) is 42.5. The van der Waals surface area contributed by atoms with E-state index in [1.54, 1.807) is 68.4 Å². The largest absolute Gasteiger partial charge is 0.507 e. The van der Waals surface area contributed by atoms with E-state index < -0.39 is 23.7 Å². The van der Waals surface area contributed by atoms with Crippen molar-refractivity contribution < 1.29 is 29.0 Å². The Hall–Kier alpha value is -4.59. The van der Waals surface area contributed by atoms with Gasteiger partial charge >= 0.3 is 5.97 Å². The zero-order valence-electron chi connectivity index (χ0n) is 21.4. The summed E-state index contributed by atoms with van der Waals surface area (Å²) in [6, 6.07) is 19.7. The molecule has 194 valence electrons. The van der Waals surface area contributed by atoms with Gasteiger partial charge in [0.25, 0.3) is 11.7 Å². The maximum Gasteiger partial charge on any atom is 0.338 e. The number of hydrogen-bond donors (Lipinski definition) is 1. The van der Waals surface area contributed by atoms with Gasteiger partial charge in [-0.1, -0.05) is 30.3 Å². The molecule has 2 aliphatic heterocycles. The average molecular weight is 513 g/mol. The van der Waals surface area contributed by atoms with Crippen molar-refractivity contribution in [3.63, 3.8) is 0 Å². The Balaban J connectivity index is 1.60. The van der Waals surface area contributed by atoms with E-state index in [1.165, 1.54) is 4.90 Å². The number of carbonyl (C=O) groups is 3. The monoisotopic (exact) mass is 512 g/mol. The number of aliphatic hydroxyl groups excluding tert-OH is 1. The summed E-state index contributed by atoms with van der Waals surface area (Å²) in [5.41, 5.74) is 2.59. The van der Waals surface area contributed by atoms with Gasteiger partial charge in [-0.2, -0.15) is 0 Å². The van der Waals surface area contributed by atoms with Crippen LogP contribution < -0.4 is 14.5 Å². The second-order valence-electron chi connectivity index (χ2n) is 9.53. The van der Waals surface area contributed by atoms with Crippen LogP contribution in [0.3, 0.4) is 0 Å². The Labute approximate surface area is 220 Å². The van der Waals surface area contributed by atoms with E-state index in [9.17, 15) is 19.5 Å². The number of amides is 1. The van der Waals surface area contributed by atoms with Gasteiger partial charge in [0.15, 0.2) is 0 Å². The number of Topliss-reactive ketones (excluding diaryl/α,β-unsaturated/α-hetero) is 1. The number of benzene rings is 3. The molecule has 1 saturated heterocycles. The first kappa shape index (κ1) is 25.1. The van der Waals surface area contributed by atoms with Crippen LogP contribution in [0.25, 0.3) is 5.76 Å². The fourth-order valence-electron chi connectivity index (χ4n) is 4.74. The summed E-state index contributed by atoms with van der Waals surface area (Å²) in [5, 5.41) is 11.5. The second kappa shape index (κ2) is 10.0. The Bertz CT molecular complexity index is 1430. The zero-order chi connectivity index (χ0) is 27.0. The molecule has 2 aliphatic rings. The highest BCUT2D eigenvalue weighted by atomic mass is 16.5. The third-order valence-electron chi connectivity index (χ3n) is 6.61. The molecule has 5 rings (SSSR count). The topological polar surface area (TPSA) is 96.4 Å². The lowest BCUT2D eigenvalue weighted by Crippen LogP contribution is -2.29. The SMILES string of the molecule is CC(C)OC(=O)c1ccc(N2C(=O)C(=O)/C(=C(\O)c3ccc4c(c3)N(C)CCO4)C2c2ccccc2)cc1. The maximum absolute atomic E-state index is 13.4. The maximum atomic E-state index is 13.4. The van der Waals surface area contributed by atoms with Crippen molar-refractivity contribution in [2.24, 2.45) is 0 Å². The lowest BCUT2D eigenvalue weighted by Gasteiger charge is -2.28. The minimum Gasteiger partial charge on any atom is -0.507 e. The molecule has 0 radical (unpaired) electrons. The van der Waals surface area contributed by atoms with Crippen LogP contribution in [-0.4, -0.2) is 49.1 Å². The first-order valence-corrected chi connectivity index (χ1v) is 12.4. The Morgan fingerprint density at radius 1 is 1.00 bits per heavy atom. The minimum absolute atomic E-state index is 0.0103. The number of likely N-dealkylation sites (N-methyl/N-ethyl adjacent to an activating group) is 1. The molecular formula is C30H28N2O6. The molecule has 1 N–H and O–H groups in total. The van der Waals surface area contributed by atoms with Crippen molar-refractivity contribution in [1.82, 2.24) is 0 Å². The molecule has 3 aromatic carbocycles. The van der Waals surface area contributed by atoms with Crippen LogP contribution in [0.1, 0.15) is 41.4 Å². The second-order valence-corrected chi connectivity index (χ2v) is 9.53. The summed E-state index contributed by atoms with van der Waals surface area (Å²) < 4.78 is 11.0. The van der Waals surface area contributed by atoms with Crippen molar-refractivity contribution >= 4 is 34.8 Å². The van der Waals surface area contributed by atoms with Gasteiger partial charge in [0, 0.05) is 18.3 Å². The molecule has 38 heavy (non-hydrogen) atoms. The summed E-state index contributed by atoms with van der Waals surface area (Å²) >= 11 is 0. The van der Waals surface area contributed by atoms with Gasteiger partial charge in [-0.15, -0.1) is 0 Å². The number of esters is 1. The van der Waals surface area contributed by atoms with Gasteiger partial charge in [-0.05, 0) is 61.9 Å².